The van der Waals surface area contributed by atoms with Gasteiger partial charge in [0, 0.05) is 18.1 Å². The Morgan fingerprint density at radius 1 is 1.26 bits per heavy atom. The summed E-state index contributed by atoms with van der Waals surface area (Å²) >= 11 is 11.8. The van der Waals surface area contributed by atoms with Gasteiger partial charge in [0.15, 0.2) is 0 Å². The fourth-order valence-corrected chi connectivity index (χ4v) is 2.68. The molecule has 0 saturated carbocycles. The van der Waals surface area contributed by atoms with Crippen LogP contribution in [0.4, 0.5) is 5.69 Å². The zero-order chi connectivity index (χ0) is 16.8. The molecule has 1 heterocycles. The van der Waals surface area contributed by atoms with Crippen molar-refractivity contribution in [1.29, 1.82) is 0 Å². The molecule has 1 aliphatic heterocycles. The normalized spacial score (nSPS) is 14.9. The molecule has 0 aromatic heterocycles. The molecule has 0 bridgehead atoms. The van der Waals surface area contributed by atoms with Crippen LogP contribution < -0.4 is 5.32 Å². The van der Waals surface area contributed by atoms with Crippen LogP contribution in [0, 0.1) is 0 Å². The highest BCUT2D eigenvalue weighted by molar-refractivity contribution is 6.36. The molecule has 0 radical (unpaired) electrons. The second-order valence-electron chi connectivity index (χ2n) is 5.34. The number of nitrogens with zero attached hydrogens (tertiary/aromatic N) is 2. The number of carbonyl (C=O) groups is 2. The fourth-order valence-electron chi connectivity index (χ4n) is 2.23. The molecule has 6 nitrogen and oxygen atoms in total. The van der Waals surface area contributed by atoms with Crippen molar-refractivity contribution in [3.8, 4) is 0 Å². The van der Waals surface area contributed by atoms with Gasteiger partial charge in [-0.05, 0) is 25.2 Å². The highest BCUT2D eigenvalue weighted by atomic mass is 35.5. The minimum atomic E-state index is -0.244. The summed E-state index contributed by atoms with van der Waals surface area (Å²) in [6, 6.07) is 4.85. The maximum atomic E-state index is 12.1. The van der Waals surface area contributed by atoms with Crippen molar-refractivity contribution < 1.29 is 14.3 Å². The van der Waals surface area contributed by atoms with E-state index in [1.165, 1.54) is 0 Å². The fraction of sp³-hybridized carbons (Fsp3) is 0.467. The van der Waals surface area contributed by atoms with Gasteiger partial charge in [0.25, 0.3) is 0 Å². The van der Waals surface area contributed by atoms with E-state index in [2.05, 4.69) is 5.32 Å². The van der Waals surface area contributed by atoms with E-state index in [1.54, 1.807) is 35.0 Å². The number of amides is 2. The Labute approximate surface area is 145 Å². The van der Waals surface area contributed by atoms with E-state index in [0.29, 0.717) is 42.0 Å². The Balaban J connectivity index is 1.81. The third-order valence-electron chi connectivity index (χ3n) is 3.39. The van der Waals surface area contributed by atoms with Crippen LogP contribution in [0.5, 0.6) is 0 Å². The first-order valence-corrected chi connectivity index (χ1v) is 8.00. The Morgan fingerprint density at radius 2 is 1.96 bits per heavy atom. The zero-order valence-electron chi connectivity index (χ0n) is 12.8. The van der Waals surface area contributed by atoms with Crippen LogP contribution in [-0.2, 0) is 14.3 Å². The number of benzene rings is 1. The lowest BCUT2D eigenvalue weighted by Crippen LogP contribution is -2.46. The summed E-state index contributed by atoms with van der Waals surface area (Å²) in [5.74, 6) is -0.250. The van der Waals surface area contributed by atoms with Gasteiger partial charge < -0.3 is 15.0 Å². The minimum Gasteiger partial charge on any atom is -0.378 e. The molecule has 1 aliphatic rings. The summed E-state index contributed by atoms with van der Waals surface area (Å²) in [5.41, 5.74) is 0.494. The Bertz CT molecular complexity index is 577. The lowest BCUT2D eigenvalue weighted by atomic mass is 10.3. The predicted octanol–water partition coefficient (Wildman–Crippen LogP) is 1.72. The van der Waals surface area contributed by atoms with Gasteiger partial charge in [-0.3, -0.25) is 14.5 Å². The van der Waals surface area contributed by atoms with Crippen molar-refractivity contribution in [2.45, 2.75) is 0 Å². The van der Waals surface area contributed by atoms with E-state index in [-0.39, 0.29) is 24.9 Å². The maximum absolute atomic E-state index is 12.1. The molecule has 0 unspecified atom stereocenters. The van der Waals surface area contributed by atoms with Crippen molar-refractivity contribution >= 4 is 40.7 Å². The van der Waals surface area contributed by atoms with Gasteiger partial charge in [-0.2, -0.15) is 0 Å². The van der Waals surface area contributed by atoms with Gasteiger partial charge in [0.2, 0.25) is 11.8 Å². The number of carbonyl (C=O) groups excluding carboxylic acids is 2. The van der Waals surface area contributed by atoms with Gasteiger partial charge in [-0.1, -0.05) is 23.2 Å². The van der Waals surface area contributed by atoms with E-state index < -0.39 is 0 Å². The third-order valence-corrected chi connectivity index (χ3v) is 3.94. The third kappa shape index (κ3) is 5.66. The molecular weight excluding hydrogens is 341 g/mol. The number of hydrogen-bond donors (Lipinski definition) is 1. The number of rotatable bonds is 5. The first kappa shape index (κ1) is 18.0. The first-order valence-electron chi connectivity index (χ1n) is 7.24. The molecule has 126 valence electrons. The van der Waals surface area contributed by atoms with Gasteiger partial charge in [0.1, 0.15) is 0 Å². The summed E-state index contributed by atoms with van der Waals surface area (Å²) in [7, 11) is 1.72. The molecule has 2 amide bonds. The summed E-state index contributed by atoms with van der Waals surface area (Å²) in [6.45, 7) is 2.59. The Kier molecular flexibility index (Phi) is 6.65. The van der Waals surface area contributed by atoms with Gasteiger partial charge in [0.05, 0.1) is 37.0 Å². The van der Waals surface area contributed by atoms with Crippen LogP contribution in [-0.4, -0.2) is 68.1 Å². The molecule has 1 aromatic carbocycles. The lowest BCUT2D eigenvalue weighted by molar-refractivity contribution is -0.136. The van der Waals surface area contributed by atoms with Gasteiger partial charge in [-0.15, -0.1) is 0 Å². The zero-order valence-corrected chi connectivity index (χ0v) is 14.4. The van der Waals surface area contributed by atoms with Gasteiger partial charge >= 0.3 is 0 Å². The van der Waals surface area contributed by atoms with Crippen LogP contribution in [0.15, 0.2) is 18.2 Å². The highest BCUT2D eigenvalue weighted by Gasteiger charge is 2.19. The predicted molar refractivity (Wildman–Crippen MR) is 90.0 cm³/mol. The quantitative estimate of drug-likeness (QED) is 0.869. The molecule has 0 atom stereocenters. The van der Waals surface area contributed by atoms with E-state index in [4.69, 9.17) is 27.9 Å². The number of nitrogens with one attached hydrogen (secondary N) is 1. The van der Waals surface area contributed by atoms with E-state index >= 15 is 0 Å². The molecule has 1 aromatic rings. The molecule has 23 heavy (non-hydrogen) atoms. The van der Waals surface area contributed by atoms with Crippen molar-refractivity contribution in [2.24, 2.45) is 0 Å². The standard InChI is InChI=1S/C15H19Cl2N3O3/c1-19(10-15(22)20-4-6-23-7-5-20)9-14(21)18-13-3-2-11(16)8-12(13)17/h2-3,8H,4-7,9-10H2,1H3,(H,18,21). The van der Waals surface area contributed by atoms with Crippen LogP contribution in [0.2, 0.25) is 10.0 Å². The maximum Gasteiger partial charge on any atom is 0.238 e. The number of likely N-dealkylation sites (N-methyl/N-ethyl adjacent to an activating group) is 1. The molecule has 0 aliphatic carbocycles. The summed E-state index contributed by atoms with van der Waals surface area (Å²) in [6.07, 6.45) is 0. The monoisotopic (exact) mass is 359 g/mol. The van der Waals surface area contributed by atoms with Gasteiger partial charge in [-0.25, -0.2) is 0 Å². The molecule has 8 heteroatoms. The van der Waals surface area contributed by atoms with Crippen molar-refractivity contribution in [3.05, 3.63) is 28.2 Å². The smallest absolute Gasteiger partial charge is 0.238 e. The largest absolute Gasteiger partial charge is 0.378 e. The van der Waals surface area contributed by atoms with Crippen molar-refractivity contribution in [3.63, 3.8) is 0 Å². The molecule has 2 rings (SSSR count). The second kappa shape index (κ2) is 8.49. The lowest BCUT2D eigenvalue weighted by Gasteiger charge is -2.28. The second-order valence-corrected chi connectivity index (χ2v) is 6.18. The number of hydrogen-bond acceptors (Lipinski definition) is 4. The van der Waals surface area contributed by atoms with Crippen molar-refractivity contribution in [1.82, 2.24) is 9.80 Å². The molecule has 1 saturated heterocycles. The molecule has 0 spiro atoms. The van der Waals surface area contributed by atoms with Crippen LogP contribution in [0.3, 0.4) is 0 Å². The molecule has 1 fully saturated rings. The molecule has 1 N–H and O–H groups in total. The highest BCUT2D eigenvalue weighted by Crippen LogP contribution is 2.25. The van der Waals surface area contributed by atoms with Crippen LogP contribution >= 0.6 is 23.2 Å². The number of anilines is 1. The van der Waals surface area contributed by atoms with Crippen LogP contribution in [0.1, 0.15) is 0 Å². The number of halogens is 2. The van der Waals surface area contributed by atoms with E-state index in [0.717, 1.165) is 0 Å². The average Bonchev–Trinajstić information content (AvgIpc) is 2.50. The van der Waals surface area contributed by atoms with Crippen molar-refractivity contribution in [2.75, 3.05) is 51.8 Å². The Morgan fingerprint density at radius 3 is 2.61 bits per heavy atom. The van der Waals surface area contributed by atoms with E-state index in [9.17, 15) is 9.59 Å². The van der Waals surface area contributed by atoms with E-state index in [1.807, 2.05) is 0 Å². The summed E-state index contributed by atoms with van der Waals surface area (Å²) < 4.78 is 5.21. The minimum absolute atomic E-state index is 0.00637. The molecular formula is C15H19Cl2N3O3. The average molecular weight is 360 g/mol. The first-order chi connectivity index (χ1) is 11.0. The summed E-state index contributed by atoms with van der Waals surface area (Å²) in [5, 5.41) is 3.58. The van der Waals surface area contributed by atoms with Crippen LogP contribution in [0.25, 0.3) is 0 Å². The summed E-state index contributed by atoms with van der Waals surface area (Å²) in [4.78, 5) is 27.5. The Hall–Kier alpha value is -1.34. The SMILES string of the molecule is CN(CC(=O)Nc1ccc(Cl)cc1Cl)CC(=O)N1CCOCC1. The number of morpholine rings is 1. The topological polar surface area (TPSA) is 61.9 Å². The number of ether oxygens (including phenoxy) is 1.